The molecule has 1 N–H and O–H groups in total. The number of carbonyl (C=O) groups excluding carboxylic acids is 1. The fraction of sp³-hybridized carbons (Fsp3) is 0.533. The molecular formula is C15H19F3N2OS. The summed E-state index contributed by atoms with van der Waals surface area (Å²) in [5.74, 6) is 0. The number of carbonyl (C=O) groups is 1. The van der Waals surface area contributed by atoms with Crippen molar-refractivity contribution >= 4 is 23.5 Å². The number of nitrogens with zero attached hydrogens (tertiary/aromatic N) is 1. The molecule has 0 aromatic heterocycles. The van der Waals surface area contributed by atoms with Crippen LogP contribution in [0.15, 0.2) is 29.2 Å². The Morgan fingerprint density at radius 3 is 2.59 bits per heavy atom. The molecule has 2 amide bonds. The summed E-state index contributed by atoms with van der Waals surface area (Å²) >= 11 is -0.186. The molecule has 0 bridgehead atoms. The van der Waals surface area contributed by atoms with E-state index in [0.29, 0.717) is 5.69 Å². The van der Waals surface area contributed by atoms with E-state index < -0.39 is 5.51 Å². The van der Waals surface area contributed by atoms with Crippen molar-refractivity contribution in [3.8, 4) is 0 Å². The molecular weight excluding hydrogens is 313 g/mol. The van der Waals surface area contributed by atoms with Crippen LogP contribution in [-0.2, 0) is 0 Å². The van der Waals surface area contributed by atoms with Crippen molar-refractivity contribution in [3.05, 3.63) is 24.3 Å². The summed E-state index contributed by atoms with van der Waals surface area (Å²) in [6.07, 6.45) is 5.38. The first-order valence-electron chi connectivity index (χ1n) is 7.25. The predicted molar refractivity (Wildman–Crippen MR) is 82.0 cm³/mol. The summed E-state index contributed by atoms with van der Waals surface area (Å²) in [5.41, 5.74) is -3.96. The molecule has 2 rings (SSSR count). The number of rotatable bonds is 3. The largest absolute Gasteiger partial charge is 0.446 e. The number of anilines is 1. The highest BCUT2D eigenvalue weighted by atomic mass is 32.2. The van der Waals surface area contributed by atoms with Crippen molar-refractivity contribution in [2.45, 2.75) is 48.5 Å². The van der Waals surface area contributed by atoms with Gasteiger partial charge in [-0.1, -0.05) is 25.3 Å². The first-order valence-corrected chi connectivity index (χ1v) is 8.06. The van der Waals surface area contributed by atoms with Gasteiger partial charge in [0.1, 0.15) is 0 Å². The molecule has 0 saturated heterocycles. The zero-order valence-corrected chi connectivity index (χ0v) is 13.1. The number of urea groups is 1. The van der Waals surface area contributed by atoms with E-state index in [1.807, 2.05) is 0 Å². The van der Waals surface area contributed by atoms with Gasteiger partial charge in [-0.05, 0) is 42.8 Å². The number of thioether (sulfide) groups is 1. The van der Waals surface area contributed by atoms with Crippen molar-refractivity contribution in [1.29, 1.82) is 0 Å². The Labute approximate surface area is 132 Å². The van der Waals surface area contributed by atoms with Crippen LogP contribution in [0.2, 0.25) is 0 Å². The zero-order chi connectivity index (χ0) is 16.2. The normalized spacial score (nSPS) is 16.4. The molecule has 0 spiro atoms. The van der Waals surface area contributed by atoms with Crippen LogP contribution in [0.25, 0.3) is 0 Å². The van der Waals surface area contributed by atoms with E-state index in [9.17, 15) is 18.0 Å². The summed E-state index contributed by atoms with van der Waals surface area (Å²) in [6.45, 7) is 0. The molecule has 3 nitrogen and oxygen atoms in total. The van der Waals surface area contributed by atoms with Crippen LogP contribution in [0.5, 0.6) is 0 Å². The van der Waals surface area contributed by atoms with Gasteiger partial charge in [0.2, 0.25) is 0 Å². The Kier molecular flexibility index (Phi) is 5.61. The maximum absolute atomic E-state index is 12.4. The number of benzene rings is 1. The first kappa shape index (κ1) is 17.0. The molecule has 1 aliphatic rings. The number of amides is 2. The minimum absolute atomic E-state index is 0.0608. The Bertz CT molecular complexity index is 516. The van der Waals surface area contributed by atoms with Gasteiger partial charge in [0.05, 0.1) is 0 Å². The molecule has 0 atom stereocenters. The predicted octanol–water partition coefficient (Wildman–Crippen LogP) is 5.09. The van der Waals surface area contributed by atoms with Crippen molar-refractivity contribution < 1.29 is 18.0 Å². The van der Waals surface area contributed by atoms with Gasteiger partial charge in [-0.15, -0.1) is 0 Å². The quantitative estimate of drug-likeness (QED) is 0.782. The summed E-state index contributed by atoms with van der Waals surface area (Å²) in [4.78, 5) is 13.9. The highest BCUT2D eigenvalue weighted by Gasteiger charge is 2.29. The fourth-order valence-corrected chi connectivity index (χ4v) is 3.22. The highest BCUT2D eigenvalue weighted by Crippen LogP contribution is 2.37. The van der Waals surface area contributed by atoms with Crippen molar-refractivity contribution in [2.24, 2.45) is 0 Å². The molecule has 22 heavy (non-hydrogen) atoms. The Hall–Kier alpha value is -1.37. The van der Waals surface area contributed by atoms with E-state index in [1.54, 1.807) is 18.0 Å². The van der Waals surface area contributed by atoms with Crippen molar-refractivity contribution in [1.82, 2.24) is 4.90 Å². The molecule has 122 valence electrons. The monoisotopic (exact) mass is 332 g/mol. The second-order valence-electron chi connectivity index (χ2n) is 5.41. The fourth-order valence-electron chi connectivity index (χ4n) is 2.62. The van der Waals surface area contributed by atoms with E-state index in [-0.39, 0.29) is 28.7 Å². The third-order valence-corrected chi connectivity index (χ3v) is 4.48. The molecule has 0 unspecified atom stereocenters. The summed E-state index contributed by atoms with van der Waals surface area (Å²) in [7, 11) is 1.74. The topological polar surface area (TPSA) is 32.3 Å². The van der Waals surface area contributed by atoms with Gasteiger partial charge in [0.25, 0.3) is 0 Å². The second kappa shape index (κ2) is 7.26. The average Bonchev–Trinajstić information content (AvgIpc) is 2.46. The second-order valence-corrected chi connectivity index (χ2v) is 6.55. The SMILES string of the molecule is CN(C(=O)Nc1cccc(SC(F)(F)F)c1)C1CCCCC1. The Morgan fingerprint density at radius 1 is 1.27 bits per heavy atom. The lowest BCUT2D eigenvalue weighted by Gasteiger charge is -2.31. The molecule has 1 aromatic rings. The highest BCUT2D eigenvalue weighted by molar-refractivity contribution is 8.00. The van der Waals surface area contributed by atoms with Gasteiger partial charge in [0, 0.05) is 23.7 Å². The van der Waals surface area contributed by atoms with Crippen LogP contribution in [0.4, 0.5) is 23.7 Å². The van der Waals surface area contributed by atoms with Crippen LogP contribution < -0.4 is 5.32 Å². The molecule has 1 fully saturated rings. The van der Waals surface area contributed by atoms with E-state index in [0.717, 1.165) is 25.7 Å². The average molecular weight is 332 g/mol. The van der Waals surface area contributed by atoms with Crippen LogP contribution in [0.1, 0.15) is 32.1 Å². The van der Waals surface area contributed by atoms with Gasteiger partial charge >= 0.3 is 11.5 Å². The van der Waals surface area contributed by atoms with Gasteiger partial charge in [-0.2, -0.15) is 13.2 Å². The number of hydrogen-bond acceptors (Lipinski definition) is 2. The summed E-state index contributed by atoms with van der Waals surface area (Å²) in [5, 5.41) is 2.67. The number of hydrogen-bond donors (Lipinski definition) is 1. The minimum atomic E-state index is -4.33. The van der Waals surface area contributed by atoms with Crippen LogP contribution >= 0.6 is 11.8 Å². The lowest BCUT2D eigenvalue weighted by Crippen LogP contribution is -2.40. The third kappa shape index (κ3) is 5.12. The smallest absolute Gasteiger partial charge is 0.325 e. The van der Waals surface area contributed by atoms with Crippen molar-refractivity contribution in [3.63, 3.8) is 0 Å². The molecule has 0 aliphatic heterocycles. The van der Waals surface area contributed by atoms with Gasteiger partial charge < -0.3 is 10.2 Å². The van der Waals surface area contributed by atoms with E-state index >= 15 is 0 Å². The Morgan fingerprint density at radius 2 is 1.95 bits per heavy atom. The lowest BCUT2D eigenvalue weighted by molar-refractivity contribution is -0.0328. The van der Waals surface area contributed by atoms with E-state index in [1.165, 1.54) is 24.6 Å². The molecule has 7 heteroatoms. The third-order valence-electron chi connectivity index (χ3n) is 3.76. The minimum Gasteiger partial charge on any atom is -0.325 e. The number of alkyl halides is 3. The van der Waals surface area contributed by atoms with E-state index in [2.05, 4.69) is 5.32 Å². The van der Waals surface area contributed by atoms with Crippen LogP contribution in [0, 0.1) is 0 Å². The lowest BCUT2D eigenvalue weighted by atomic mass is 9.95. The number of nitrogens with one attached hydrogen (secondary N) is 1. The Balaban J connectivity index is 1.97. The number of halogens is 3. The molecule has 1 saturated carbocycles. The maximum atomic E-state index is 12.4. The first-order chi connectivity index (χ1) is 10.3. The molecule has 0 radical (unpaired) electrons. The van der Waals surface area contributed by atoms with Gasteiger partial charge in [-0.3, -0.25) is 0 Å². The van der Waals surface area contributed by atoms with Crippen molar-refractivity contribution in [2.75, 3.05) is 12.4 Å². The van der Waals surface area contributed by atoms with Crippen LogP contribution in [-0.4, -0.2) is 29.5 Å². The molecule has 1 aromatic carbocycles. The standard InChI is InChI=1S/C15H19F3N2OS/c1-20(12-7-3-2-4-8-12)14(21)19-11-6-5-9-13(10-11)22-15(16,17)18/h5-6,9-10,12H,2-4,7-8H2,1H3,(H,19,21). The zero-order valence-electron chi connectivity index (χ0n) is 12.3. The molecule has 0 heterocycles. The summed E-state index contributed by atoms with van der Waals surface area (Å²) in [6, 6.07) is 5.74. The van der Waals surface area contributed by atoms with E-state index in [4.69, 9.17) is 0 Å². The maximum Gasteiger partial charge on any atom is 0.446 e. The molecule has 1 aliphatic carbocycles. The summed E-state index contributed by atoms with van der Waals surface area (Å²) < 4.78 is 37.1. The van der Waals surface area contributed by atoms with Gasteiger partial charge in [-0.25, -0.2) is 4.79 Å². The van der Waals surface area contributed by atoms with Crippen LogP contribution in [0.3, 0.4) is 0 Å². The van der Waals surface area contributed by atoms with Gasteiger partial charge in [0.15, 0.2) is 0 Å².